The fraction of sp³-hybridized carbons (Fsp3) is 0.917. The molecule has 7 heteroatoms. The molecule has 0 aromatic carbocycles. The lowest BCUT2D eigenvalue weighted by Crippen LogP contribution is -2.46. The van der Waals surface area contributed by atoms with Crippen LogP contribution in [-0.2, 0) is 13.3 Å². The Balaban J connectivity index is 2.33. The van der Waals surface area contributed by atoms with Gasteiger partial charge in [-0.1, -0.05) is 11.8 Å². The van der Waals surface area contributed by atoms with Crippen LogP contribution in [-0.4, -0.2) is 52.6 Å². The minimum Gasteiger partial charge on any atom is -0.374 e. The summed E-state index contributed by atoms with van der Waals surface area (Å²) in [5.74, 6) is 1.02. The monoisotopic (exact) mass is 306 g/mol. The van der Waals surface area contributed by atoms with Crippen LogP contribution < -0.4 is 5.32 Å². The van der Waals surface area contributed by atoms with E-state index in [0.29, 0.717) is 19.8 Å². The topological polar surface area (TPSA) is 52.1 Å². The first-order chi connectivity index (χ1) is 9.26. The Morgan fingerprint density at radius 1 is 1.16 bits per heavy atom. The van der Waals surface area contributed by atoms with Gasteiger partial charge in [0.15, 0.2) is 5.17 Å². The van der Waals surface area contributed by atoms with Crippen LogP contribution in [0.2, 0.25) is 6.04 Å². The zero-order valence-electron chi connectivity index (χ0n) is 12.2. The maximum atomic E-state index is 5.82. The molecular formula is C12H26N2O3SSi. The van der Waals surface area contributed by atoms with Gasteiger partial charge in [-0.05, 0) is 27.2 Å². The van der Waals surface area contributed by atoms with Gasteiger partial charge in [0.1, 0.15) is 0 Å². The molecule has 0 aliphatic carbocycles. The van der Waals surface area contributed by atoms with Gasteiger partial charge in [-0.3, -0.25) is 4.99 Å². The van der Waals surface area contributed by atoms with Crippen molar-refractivity contribution in [1.29, 1.82) is 0 Å². The average molecular weight is 307 g/mol. The molecular weight excluding hydrogens is 280 g/mol. The number of hydrogen-bond acceptors (Lipinski definition) is 6. The van der Waals surface area contributed by atoms with Crippen molar-refractivity contribution in [2.45, 2.75) is 33.2 Å². The van der Waals surface area contributed by atoms with Crippen LogP contribution >= 0.6 is 11.8 Å². The predicted octanol–water partition coefficient (Wildman–Crippen LogP) is 2.12. The highest BCUT2D eigenvalue weighted by Crippen LogP contribution is 2.20. The highest BCUT2D eigenvalue weighted by Gasteiger charge is 2.39. The van der Waals surface area contributed by atoms with Crippen LogP contribution in [0, 0.1) is 0 Å². The summed E-state index contributed by atoms with van der Waals surface area (Å²) in [5.41, 5.74) is 0. The number of nitrogens with one attached hydrogen (secondary N) is 1. The molecule has 1 aliphatic heterocycles. The molecule has 0 radical (unpaired) electrons. The van der Waals surface area contributed by atoms with Gasteiger partial charge in [-0.25, -0.2) is 0 Å². The van der Waals surface area contributed by atoms with E-state index < -0.39 is 8.80 Å². The van der Waals surface area contributed by atoms with Gasteiger partial charge in [0.25, 0.3) is 0 Å². The van der Waals surface area contributed by atoms with Crippen LogP contribution in [0.15, 0.2) is 4.99 Å². The van der Waals surface area contributed by atoms with Crippen molar-refractivity contribution < 1.29 is 13.3 Å². The molecule has 0 saturated carbocycles. The molecule has 0 spiro atoms. The number of rotatable bonds is 10. The summed E-state index contributed by atoms with van der Waals surface area (Å²) in [4.78, 5) is 4.36. The highest BCUT2D eigenvalue weighted by molar-refractivity contribution is 8.13. The third kappa shape index (κ3) is 6.27. The largest absolute Gasteiger partial charge is 0.500 e. The summed E-state index contributed by atoms with van der Waals surface area (Å²) in [6.07, 6.45) is 1.03. The number of amidine groups is 1. The molecule has 0 atom stereocenters. The molecule has 1 aliphatic rings. The van der Waals surface area contributed by atoms with Gasteiger partial charge in [0, 0.05) is 38.2 Å². The Morgan fingerprint density at radius 2 is 1.79 bits per heavy atom. The fourth-order valence-electron chi connectivity index (χ4n) is 1.93. The predicted molar refractivity (Wildman–Crippen MR) is 82.8 cm³/mol. The van der Waals surface area contributed by atoms with Crippen molar-refractivity contribution in [2.24, 2.45) is 4.99 Å². The van der Waals surface area contributed by atoms with Gasteiger partial charge < -0.3 is 18.6 Å². The van der Waals surface area contributed by atoms with Crippen LogP contribution in [0.25, 0.3) is 0 Å². The summed E-state index contributed by atoms with van der Waals surface area (Å²) in [6, 6.07) is 0.878. The molecule has 0 aromatic heterocycles. The van der Waals surface area contributed by atoms with Crippen molar-refractivity contribution >= 4 is 25.7 Å². The summed E-state index contributed by atoms with van der Waals surface area (Å²) in [5, 5.41) is 4.33. The molecule has 0 bridgehead atoms. The quantitative estimate of drug-likeness (QED) is 0.495. The van der Waals surface area contributed by atoms with E-state index >= 15 is 0 Å². The molecule has 19 heavy (non-hydrogen) atoms. The Hall–Kier alpha value is -0.0831. The van der Waals surface area contributed by atoms with Crippen molar-refractivity contribution in [3.8, 4) is 0 Å². The van der Waals surface area contributed by atoms with E-state index in [2.05, 4.69) is 10.3 Å². The fourth-order valence-corrected chi connectivity index (χ4v) is 5.67. The average Bonchev–Trinajstić information content (AvgIpc) is 2.89. The first-order valence-corrected chi connectivity index (χ1v) is 10.0. The Kier molecular flexibility index (Phi) is 8.72. The zero-order valence-corrected chi connectivity index (χ0v) is 14.1. The summed E-state index contributed by atoms with van der Waals surface area (Å²) in [6.45, 7) is 9.79. The van der Waals surface area contributed by atoms with Crippen molar-refractivity contribution in [2.75, 3.05) is 38.7 Å². The maximum absolute atomic E-state index is 5.82. The minimum atomic E-state index is -2.45. The molecule has 0 amide bonds. The van der Waals surface area contributed by atoms with E-state index in [1.165, 1.54) is 0 Å². The van der Waals surface area contributed by atoms with Gasteiger partial charge in [-0.2, -0.15) is 0 Å². The van der Waals surface area contributed by atoms with E-state index in [9.17, 15) is 0 Å². The molecule has 112 valence electrons. The molecule has 0 aromatic rings. The smallest absolute Gasteiger partial charge is 0.374 e. The van der Waals surface area contributed by atoms with Crippen LogP contribution in [0.1, 0.15) is 27.2 Å². The van der Waals surface area contributed by atoms with E-state index in [-0.39, 0.29) is 0 Å². The first-order valence-electron chi connectivity index (χ1n) is 7.09. The van der Waals surface area contributed by atoms with Crippen LogP contribution in [0.4, 0.5) is 0 Å². The molecule has 0 saturated heterocycles. The van der Waals surface area contributed by atoms with E-state index in [1.54, 1.807) is 11.8 Å². The second-order valence-corrected chi connectivity index (χ2v) is 7.86. The van der Waals surface area contributed by atoms with Crippen molar-refractivity contribution in [3.05, 3.63) is 0 Å². The van der Waals surface area contributed by atoms with E-state index in [4.69, 9.17) is 13.3 Å². The lowest BCUT2D eigenvalue weighted by molar-refractivity contribution is 0.0712. The minimum absolute atomic E-state index is 0.646. The Morgan fingerprint density at radius 3 is 2.26 bits per heavy atom. The number of hydrogen-bond donors (Lipinski definition) is 1. The first kappa shape index (κ1) is 17.0. The summed E-state index contributed by atoms with van der Waals surface area (Å²) < 4.78 is 17.5. The zero-order chi connectivity index (χ0) is 14.0. The molecule has 1 heterocycles. The molecule has 1 rings (SSSR count). The molecule has 0 unspecified atom stereocenters. The Labute approximate surface area is 121 Å². The molecule has 0 fully saturated rings. The van der Waals surface area contributed by atoms with Gasteiger partial charge in [0.05, 0.1) is 6.54 Å². The molecule has 5 nitrogen and oxygen atoms in total. The lowest BCUT2D eigenvalue weighted by Gasteiger charge is -2.28. The van der Waals surface area contributed by atoms with Crippen LogP contribution in [0.3, 0.4) is 0 Å². The number of thioether (sulfide) groups is 1. The SMILES string of the molecule is CCO[Si](CCCSC1=NCCN1)(OCC)OCC. The third-order valence-corrected chi connectivity index (χ3v) is 6.79. The van der Waals surface area contributed by atoms with Gasteiger partial charge in [0.2, 0.25) is 0 Å². The molecule has 1 N–H and O–H groups in total. The van der Waals surface area contributed by atoms with E-state index in [1.807, 2.05) is 20.8 Å². The second-order valence-electron chi connectivity index (χ2n) is 4.05. The number of nitrogens with zero attached hydrogens (tertiary/aromatic N) is 1. The summed E-state index contributed by atoms with van der Waals surface area (Å²) >= 11 is 1.77. The Bertz CT molecular complexity index is 263. The van der Waals surface area contributed by atoms with E-state index in [0.717, 1.165) is 36.5 Å². The normalized spacial score (nSPS) is 15.4. The highest BCUT2D eigenvalue weighted by atomic mass is 32.2. The van der Waals surface area contributed by atoms with Gasteiger partial charge >= 0.3 is 8.80 Å². The van der Waals surface area contributed by atoms with Gasteiger partial charge in [-0.15, -0.1) is 0 Å². The standard InChI is InChI=1S/C12H26N2O3SSi/c1-4-15-19(16-5-2,17-6-3)11-7-10-18-12-13-8-9-14-12/h4-11H2,1-3H3,(H,13,14). The van der Waals surface area contributed by atoms with Crippen molar-refractivity contribution in [1.82, 2.24) is 5.32 Å². The van der Waals surface area contributed by atoms with Crippen molar-refractivity contribution in [3.63, 3.8) is 0 Å². The summed E-state index contributed by atoms with van der Waals surface area (Å²) in [7, 11) is -2.45. The third-order valence-electron chi connectivity index (χ3n) is 2.60. The second kappa shape index (κ2) is 9.76. The van der Waals surface area contributed by atoms with Crippen LogP contribution in [0.5, 0.6) is 0 Å². The maximum Gasteiger partial charge on any atom is 0.500 e. The lowest BCUT2D eigenvalue weighted by atomic mass is 10.6. The number of aliphatic imine (C=N–C) groups is 1.